The van der Waals surface area contributed by atoms with E-state index in [2.05, 4.69) is 30.9 Å². The van der Waals surface area contributed by atoms with Gasteiger partial charge in [-0.25, -0.2) is 4.99 Å². The minimum absolute atomic E-state index is 0.659. The zero-order valence-corrected chi connectivity index (χ0v) is 12.6. The van der Waals surface area contributed by atoms with Crippen molar-refractivity contribution in [3.8, 4) is 0 Å². The van der Waals surface area contributed by atoms with Crippen LogP contribution in [0.25, 0.3) is 10.9 Å². The summed E-state index contributed by atoms with van der Waals surface area (Å²) in [7, 11) is 0. The molecule has 1 aliphatic rings. The fourth-order valence-corrected chi connectivity index (χ4v) is 3.07. The monoisotopic (exact) mass is 338 g/mol. The zero-order valence-electron chi connectivity index (χ0n) is 11.0. The molecule has 0 fully saturated rings. The molecule has 102 valence electrons. The van der Waals surface area contributed by atoms with Crippen LogP contribution in [0.4, 0.5) is 17.2 Å². The number of aromatic amines is 1. The molecule has 0 bridgehead atoms. The molecule has 4 rings (SSSR count). The van der Waals surface area contributed by atoms with Gasteiger partial charge in [0, 0.05) is 20.9 Å². The highest BCUT2D eigenvalue weighted by molar-refractivity contribution is 9.10. The summed E-state index contributed by atoms with van der Waals surface area (Å²) < 4.78 is 0.978. The molecule has 1 aromatic heterocycles. The molecule has 0 aliphatic carbocycles. The molecule has 1 aliphatic heterocycles. The number of H-pyrrole nitrogens is 1. The average Bonchev–Trinajstić information content (AvgIpc) is 3.04. The van der Waals surface area contributed by atoms with Crippen LogP contribution in [0.3, 0.4) is 0 Å². The number of aliphatic imine (C=N–C) groups is 2. The number of benzene rings is 2. The highest BCUT2D eigenvalue weighted by atomic mass is 79.9. The third-order valence-electron chi connectivity index (χ3n) is 3.53. The van der Waals surface area contributed by atoms with E-state index in [-0.39, 0.29) is 0 Å². The number of halogens is 1. The van der Waals surface area contributed by atoms with Crippen LogP contribution in [0.5, 0.6) is 0 Å². The van der Waals surface area contributed by atoms with Crippen molar-refractivity contribution in [2.24, 2.45) is 9.98 Å². The van der Waals surface area contributed by atoms with Crippen molar-refractivity contribution in [1.82, 2.24) is 4.98 Å². The van der Waals surface area contributed by atoms with Gasteiger partial charge in [-0.1, -0.05) is 40.2 Å². The first kappa shape index (κ1) is 12.3. The Balaban J connectivity index is 1.90. The van der Waals surface area contributed by atoms with E-state index in [0.29, 0.717) is 11.5 Å². The molecular weight excluding hydrogens is 328 g/mol. The summed E-state index contributed by atoms with van der Waals surface area (Å²) in [5.41, 5.74) is 10.5. The minimum Gasteiger partial charge on any atom is -0.395 e. The molecule has 3 N–H and O–H groups in total. The normalized spacial score (nSPS) is 15.0. The highest BCUT2D eigenvalue weighted by Crippen LogP contribution is 2.35. The molecule has 21 heavy (non-hydrogen) atoms. The first-order chi connectivity index (χ1) is 10.2. The molecule has 4 nitrogen and oxygen atoms in total. The van der Waals surface area contributed by atoms with Crippen LogP contribution < -0.4 is 5.73 Å². The Morgan fingerprint density at radius 2 is 1.95 bits per heavy atom. The van der Waals surface area contributed by atoms with Crippen LogP contribution in [-0.4, -0.2) is 16.9 Å². The van der Waals surface area contributed by atoms with Crippen molar-refractivity contribution in [3.05, 3.63) is 52.5 Å². The highest BCUT2D eigenvalue weighted by Gasteiger charge is 2.18. The van der Waals surface area contributed by atoms with E-state index < -0.39 is 0 Å². The summed E-state index contributed by atoms with van der Waals surface area (Å²) in [6.07, 6.45) is 1.76. The zero-order chi connectivity index (χ0) is 14.4. The number of fused-ring (bicyclic) bond motifs is 2. The topological polar surface area (TPSA) is 66.5 Å². The van der Waals surface area contributed by atoms with Gasteiger partial charge < -0.3 is 10.7 Å². The van der Waals surface area contributed by atoms with E-state index in [1.165, 1.54) is 0 Å². The van der Waals surface area contributed by atoms with Crippen molar-refractivity contribution in [1.29, 1.82) is 0 Å². The lowest BCUT2D eigenvalue weighted by Crippen LogP contribution is -1.98. The van der Waals surface area contributed by atoms with Crippen LogP contribution >= 0.6 is 15.9 Å². The predicted octanol–water partition coefficient (Wildman–Crippen LogP) is 4.35. The van der Waals surface area contributed by atoms with Gasteiger partial charge in [-0.15, -0.1) is 0 Å². The van der Waals surface area contributed by atoms with Gasteiger partial charge in [0.25, 0.3) is 0 Å². The number of nitrogens with one attached hydrogen (secondary N) is 1. The van der Waals surface area contributed by atoms with Crippen molar-refractivity contribution in [3.63, 3.8) is 0 Å². The van der Waals surface area contributed by atoms with Crippen LogP contribution in [0.15, 0.2) is 56.9 Å². The van der Waals surface area contributed by atoms with Crippen LogP contribution in [0.2, 0.25) is 0 Å². The van der Waals surface area contributed by atoms with Crippen LogP contribution in [0.1, 0.15) is 5.56 Å². The lowest BCUT2D eigenvalue weighted by atomic mass is 10.1. The number of nitrogens with two attached hydrogens (primary N) is 1. The molecule has 0 amide bonds. The van der Waals surface area contributed by atoms with Crippen molar-refractivity contribution in [2.75, 3.05) is 5.73 Å². The Labute approximate surface area is 129 Å². The first-order valence-electron chi connectivity index (χ1n) is 6.52. The molecule has 0 saturated carbocycles. The number of rotatable bonds is 1. The van der Waals surface area contributed by atoms with Gasteiger partial charge in [-0.2, -0.15) is 0 Å². The van der Waals surface area contributed by atoms with E-state index >= 15 is 0 Å². The predicted molar refractivity (Wildman–Crippen MR) is 91.2 cm³/mol. The summed E-state index contributed by atoms with van der Waals surface area (Å²) in [6, 6.07) is 13.8. The molecular formula is C16H11BrN4. The van der Waals surface area contributed by atoms with Gasteiger partial charge >= 0.3 is 0 Å². The first-order valence-corrected chi connectivity index (χ1v) is 7.31. The Morgan fingerprint density at radius 3 is 2.81 bits per heavy atom. The van der Waals surface area contributed by atoms with Gasteiger partial charge in [0.1, 0.15) is 0 Å². The summed E-state index contributed by atoms with van der Waals surface area (Å²) in [6.45, 7) is 0. The molecule has 5 heteroatoms. The maximum absolute atomic E-state index is 6.18. The molecule has 0 saturated heterocycles. The molecule has 0 spiro atoms. The number of nitrogen functional groups attached to an aromatic ring is 1. The fraction of sp³-hybridized carbons (Fsp3) is 0. The SMILES string of the molecule is Nc1c(N=C2C=Nc3cccc(Br)c32)[nH]c2ccccc12. The van der Waals surface area contributed by atoms with E-state index in [9.17, 15) is 0 Å². The van der Waals surface area contributed by atoms with Gasteiger partial charge in [0.05, 0.1) is 23.3 Å². The second kappa shape index (κ2) is 4.56. The number of hydrogen-bond acceptors (Lipinski definition) is 3. The number of nitrogens with zero attached hydrogens (tertiary/aromatic N) is 2. The second-order valence-electron chi connectivity index (χ2n) is 4.82. The summed E-state index contributed by atoms with van der Waals surface area (Å²) in [4.78, 5) is 12.3. The Morgan fingerprint density at radius 1 is 1.10 bits per heavy atom. The number of hydrogen-bond donors (Lipinski definition) is 2. The van der Waals surface area contributed by atoms with Gasteiger partial charge in [0.15, 0.2) is 5.82 Å². The number of aromatic nitrogens is 1. The summed E-state index contributed by atoms with van der Waals surface area (Å²) in [5, 5.41) is 0.985. The van der Waals surface area contributed by atoms with Crippen LogP contribution in [-0.2, 0) is 0 Å². The minimum atomic E-state index is 0.659. The molecule has 2 aromatic carbocycles. The Kier molecular flexibility index (Phi) is 2.68. The second-order valence-corrected chi connectivity index (χ2v) is 5.68. The van der Waals surface area contributed by atoms with Crippen molar-refractivity contribution >= 4 is 56.0 Å². The van der Waals surface area contributed by atoms with Gasteiger partial charge in [-0.3, -0.25) is 4.99 Å². The molecule has 3 aromatic rings. The summed E-state index contributed by atoms with van der Waals surface area (Å²) in [5.74, 6) is 0.668. The van der Waals surface area contributed by atoms with Gasteiger partial charge in [0.2, 0.25) is 0 Å². The van der Waals surface area contributed by atoms with E-state index in [0.717, 1.165) is 32.3 Å². The molecule has 0 radical (unpaired) electrons. The molecule has 0 atom stereocenters. The maximum Gasteiger partial charge on any atom is 0.155 e. The fourth-order valence-electron chi connectivity index (χ4n) is 2.51. The lowest BCUT2D eigenvalue weighted by Gasteiger charge is -2.01. The lowest BCUT2D eigenvalue weighted by molar-refractivity contribution is 1.38. The molecule has 0 unspecified atom stereocenters. The smallest absolute Gasteiger partial charge is 0.155 e. The average molecular weight is 339 g/mol. The maximum atomic E-state index is 6.18. The van der Waals surface area contributed by atoms with E-state index in [1.54, 1.807) is 6.21 Å². The third kappa shape index (κ3) is 1.89. The standard InChI is InChI=1S/C16H11BrN4/c17-10-5-3-7-12-14(10)13(8-19-12)21-16-15(18)9-4-1-2-6-11(9)20-16/h1-8,20H,18H2. The quantitative estimate of drug-likeness (QED) is 0.680. The van der Waals surface area contributed by atoms with E-state index in [4.69, 9.17) is 5.73 Å². The van der Waals surface area contributed by atoms with Crippen LogP contribution in [0, 0.1) is 0 Å². The van der Waals surface area contributed by atoms with E-state index in [1.807, 2.05) is 42.5 Å². The number of anilines is 1. The number of para-hydroxylation sites is 1. The molecule has 2 heterocycles. The summed E-state index contributed by atoms with van der Waals surface area (Å²) >= 11 is 3.55. The Hall–Kier alpha value is -2.40. The van der Waals surface area contributed by atoms with Gasteiger partial charge in [-0.05, 0) is 18.2 Å². The van der Waals surface area contributed by atoms with Crippen molar-refractivity contribution < 1.29 is 0 Å². The van der Waals surface area contributed by atoms with Crippen molar-refractivity contribution in [2.45, 2.75) is 0 Å². The third-order valence-corrected chi connectivity index (χ3v) is 4.19. The Bertz CT molecular complexity index is 921. The largest absolute Gasteiger partial charge is 0.395 e.